The van der Waals surface area contributed by atoms with E-state index in [4.69, 9.17) is 5.73 Å². The van der Waals surface area contributed by atoms with Crippen LogP contribution in [0.1, 0.15) is 12.2 Å². The molecule has 2 aliphatic heterocycles. The van der Waals surface area contributed by atoms with Gasteiger partial charge >= 0.3 is 0 Å². The summed E-state index contributed by atoms with van der Waals surface area (Å²) in [5, 5.41) is 7.94. The van der Waals surface area contributed by atoms with Crippen molar-refractivity contribution < 1.29 is 8.42 Å². The summed E-state index contributed by atoms with van der Waals surface area (Å²) >= 11 is 0. The summed E-state index contributed by atoms with van der Waals surface area (Å²) < 4.78 is 25.5. The number of aromatic nitrogens is 3. The Bertz CT molecular complexity index is 554. The monoisotopic (exact) mass is 271 g/mol. The predicted octanol–water partition coefficient (Wildman–Crippen LogP) is -1.39. The third-order valence-electron chi connectivity index (χ3n) is 4.06. The minimum absolute atomic E-state index is 0.171. The van der Waals surface area contributed by atoms with Crippen LogP contribution in [0, 0.1) is 0 Å². The van der Waals surface area contributed by atoms with Gasteiger partial charge in [-0.2, -0.15) is 0 Å². The molecule has 1 unspecified atom stereocenters. The second-order valence-electron chi connectivity index (χ2n) is 5.13. The van der Waals surface area contributed by atoms with Crippen molar-refractivity contribution in [3.05, 3.63) is 12.2 Å². The van der Waals surface area contributed by atoms with E-state index in [-0.39, 0.29) is 11.5 Å². The summed E-state index contributed by atoms with van der Waals surface area (Å²) in [6, 6.07) is 0. The van der Waals surface area contributed by atoms with E-state index in [1.165, 1.54) is 0 Å². The molecule has 0 spiro atoms. The highest BCUT2D eigenvalue weighted by molar-refractivity contribution is 7.91. The van der Waals surface area contributed by atoms with Crippen molar-refractivity contribution in [1.29, 1.82) is 0 Å². The maximum absolute atomic E-state index is 11.7. The Morgan fingerprint density at radius 3 is 2.94 bits per heavy atom. The Morgan fingerprint density at radius 2 is 2.28 bits per heavy atom. The zero-order valence-electron chi connectivity index (χ0n) is 10.1. The van der Waals surface area contributed by atoms with Crippen molar-refractivity contribution >= 4 is 9.84 Å². The number of hydrogen-bond acceptors (Lipinski definition) is 6. The van der Waals surface area contributed by atoms with Crippen molar-refractivity contribution in [2.45, 2.75) is 25.0 Å². The summed E-state index contributed by atoms with van der Waals surface area (Å²) in [7, 11) is -2.94. The molecule has 18 heavy (non-hydrogen) atoms. The van der Waals surface area contributed by atoms with Gasteiger partial charge in [-0.1, -0.05) is 0 Å². The van der Waals surface area contributed by atoms with Crippen LogP contribution < -0.4 is 5.73 Å². The van der Waals surface area contributed by atoms with Crippen LogP contribution in [0.15, 0.2) is 6.33 Å². The van der Waals surface area contributed by atoms with Crippen molar-refractivity contribution in [3.63, 3.8) is 0 Å². The normalized spacial score (nSPS) is 31.4. The van der Waals surface area contributed by atoms with E-state index in [1.807, 2.05) is 4.57 Å². The summed E-state index contributed by atoms with van der Waals surface area (Å²) in [4.78, 5) is 2.17. The molecule has 1 fully saturated rings. The number of nitrogens with zero attached hydrogens (tertiary/aromatic N) is 4. The molecule has 0 radical (unpaired) electrons. The van der Waals surface area contributed by atoms with E-state index in [0.29, 0.717) is 19.5 Å². The SMILES string of the molecule is NCC1(N2CCn3cnnc3C2)CCS(=O)(=O)C1. The standard InChI is InChI=1S/C10H17N5O2S/c11-6-10(1-4-18(16,17)7-10)15-3-2-14-8-12-13-9(14)5-15/h8H,1-7,11H2. The third-order valence-corrected chi connectivity index (χ3v) is 5.86. The maximum atomic E-state index is 11.7. The first-order valence-corrected chi connectivity index (χ1v) is 7.89. The Kier molecular flexibility index (Phi) is 2.68. The molecule has 2 N–H and O–H groups in total. The van der Waals surface area contributed by atoms with Crippen LogP contribution in [-0.4, -0.2) is 58.2 Å². The molecule has 0 amide bonds. The highest BCUT2D eigenvalue weighted by atomic mass is 32.2. The smallest absolute Gasteiger partial charge is 0.152 e. The highest BCUT2D eigenvalue weighted by Crippen LogP contribution is 2.31. The molecule has 0 saturated carbocycles. The number of nitrogens with two attached hydrogens (primary N) is 1. The van der Waals surface area contributed by atoms with Crippen LogP contribution >= 0.6 is 0 Å². The van der Waals surface area contributed by atoms with Crippen LogP contribution in [0.2, 0.25) is 0 Å². The molecule has 8 heteroatoms. The van der Waals surface area contributed by atoms with Gasteiger partial charge in [0.15, 0.2) is 9.84 Å². The zero-order chi connectivity index (χ0) is 12.8. The number of hydrogen-bond donors (Lipinski definition) is 1. The second-order valence-corrected chi connectivity index (χ2v) is 7.32. The van der Waals surface area contributed by atoms with Crippen LogP contribution in [0.25, 0.3) is 0 Å². The van der Waals surface area contributed by atoms with Gasteiger partial charge in [0, 0.05) is 25.2 Å². The molecule has 100 valence electrons. The molecule has 0 aliphatic carbocycles. The highest BCUT2D eigenvalue weighted by Gasteiger charge is 2.46. The number of fused-ring (bicyclic) bond motifs is 1. The van der Waals surface area contributed by atoms with E-state index in [2.05, 4.69) is 15.1 Å². The lowest BCUT2D eigenvalue weighted by Gasteiger charge is -2.41. The average molecular weight is 271 g/mol. The summed E-state index contributed by atoms with van der Waals surface area (Å²) in [5.74, 6) is 1.30. The van der Waals surface area contributed by atoms with Crippen molar-refractivity contribution in [2.75, 3.05) is 24.6 Å². The van der Waals surface area contributed by atoms with Crippen LogP contribution in [-0.2, 0) is 22.9 Å². The predicted molar refractivity (Wildman–Crippen MR) is 65.5 cm³/mol. The zero-order valence-corrected chi connectivity index (χ0v) is 10.9. The summed E-state index contributed by atoms with van der Waals surface area (Å²) in [6.07, 6.45) is 2.34. The van der Waals surface area contributed by atoms with E-state index in [1.54, 1.807) is 6.33 Å². The Morgan fingerprint density at radius 1 is 1.44 bits per heavy atom. The fourth-order valence-electron chi connectivity index (χ4n) is 2.91. The Labute approximate surface area is 106 Å². The summed E-state index contributed by atoms with van der Waals surface area (Å²) in [6.45, 7) is 2.61. The minimum atomic E-state index is -2.94. The van der Waals surface area contributed by atoms with Gasteiger partial charge in [-0.3, -0.25) is 4.90 Å². The second kappa shape index (κ2) is 4.01. The molecule has 7 nitrogen and oxygen atoms in total. The van der Waals surface area contributed by atoms with Gasteiger partial charge in [-0.05, 0) is 6.42 Å². The average Bonchev–Trinajstić information content (AvgIpc) is 2.92. The number of rotatable bonds is 2. The van der Waals surface area contributed by atoms with Crippen molar-refractivity contribution in [2.24, 2.45) is 5.73 Å². The molecule has 0 bridgehead atoms. The molecule has 1 aromatic heterocycles. The fourth-order valence-corrected chi connectivity index (χ4v) is 5.01. The summed E-state index contributed by atoms with van der Waals surface area (Å²) in [5.41, 5.74) is 5.46. The first kappa shape index (κ1) is 12.1. The van der Waals surface area contributed by atoms with Crippen LogP contribution in [0.4, 0.5) is 0 Å². The molecule has 1 aromatic rings. The van der Waals surface area contributed by atoms with Crippen molar-refractivity contribution in [3.8, 4) is 0 Å². The van der Waals surface area contributed by atoms with Crippen molar-refractivity contribution in [1.82, 2.24) is 19.7 Å². The van der Waals surface area contributed by atoms with Gasteiger partial charge in [0.25, 0.3) is 0 Å². The molecule has 1 saturated heterocycles. The van der Waals surface area contributed by atoms with E-state index >= 15 is 0 Å². The Hall–Kier alpha value is -0.990. The lowest BCUT2D eigenvalue weighted by molar-refractivity contribution is 0.0826. The van der Waals surface area contributed by atoms with Gasteiger partial charge in [-0.15, -0.1) is 10.2 Å². The third kappa shape index (κ3) is 1.84. The van der Waals surface area contributed by atoms with Gasteiger partial charge in [0.05, 0.1) is 18.1 Å². The quantitative estimate of drug-likeness (QED) is 0.711. The topological polar surface area (TPSA) is 94.1 Å². The molecule has 2 aliphatic rings. The number of sulfone groups is 1. The Balaban J connectivity index is 1.87. The van der Waals surface area contributed by atoms with E-state index < -0.39 is 15.4 Å². The van der Waals surface area contributed by atoms with Crippen LogP contribution in [0.5, 0.6) is 0 Å². The molecule has 3 rings (SSSR count). The van der Waals surface area contributed by atoms with Gasteiger partial charge in [-0.25, -0.2) is 8.42 Å². The van der Waals surface area contributed by atoms with Gasteiger partial charge < -0.3 is 10.3 Å². The first-order chi connectivity index (χ1) is 8.55. The molecular formula is C10H17N5O2S. The van der Waals surface area contributed by atoms with Gasteiger partial charge in [0.2, 0.25) is 0 Å². The van der Waals surface area contributed by atoms with E-state index in [0.717, 1.165) is 18.9 Å². The molecule has 0 aromatic carbocycles. The molecule has 3 heterocycles. The first-order valence-electron chi connectivity index (χ1n) is 6.07. The largest absolute Gasteiger partial charge is 0.329 e. The lowest BCUT2D eigenvalue weighted by atomic mass is 9.96. The van der Waals surface area contributed by atoms with Gasteiger partial charge in [0.1, 0.15) is 12.2 Å². The lowest BCUT2D eigenvalue weighted by Crippen LogP contribution is -2.56. The minimum Gasteiger partial charge on any atom is -0.329 e. The maximum Gasteiger partial charge on any atom is 0.152 e. The molecular weight excluding hydrogens is 254 g/mol. The van der Waals surface area contributed by atoms with E-state index in [9.17, 15) is 8.42 Å². The van der Waals surface area contributed by atoms with Crippen LogP contribution in [0.3, 0.4) is 0 Å². The fraction of sp³-hybridized carbons (Fsp3) is 0.800. The molecule has 1 atom stereocenters.